The molecule has 0 unspecified atom stereocenters. The molecule has 0 aliphatic rings. The highest BCUT2D eigenvalue weighted by Crippen LogP contribution is 2.06. The minimum absolute atomic E-state index is 0.0488. The van der Waals surface area contributed by atoms with Gasteiger partial charge in [-0.1, -0.05) is 30.3 Å². The van der Waals surface area contributed by atoms with Crippen molar-refractivity contribution < 1.29 is 28.7 Å². The molecule has 0 fully saturated rings. The molecule has 0 radical (unpaired) electrons. The Balaban J connectivity index is 2.63. The number of ether oxygens (including phenoxy) is 2. The smallest absolute Gasteiger partial charge is 0.408 e. The molecule has 9 heteroatoms. The van der Waals surface area contributed by atoms with E-state index in [2.05, 4.69) is 10.6 Å². The number of hydrogen-bond acceptors (Lipinski definition) is 6. The maximum atomic E-state index is 12.3. The first-order valence-electron chi connectivity index (χ1n) is 8.38. The highest BCUT2D eigenvalue weighted by atomic mass is 16.7. The van der Waals surface area contributed by atoms with Crippen LogP contribution in [0.4, 0.5) is 9.59 Å². The maximum absolute atomic E-state index is 12.3. The van der Waals surface area contributed by atoms with Gasteiger partial charge in [-0.15, -0.1) is 0 Å². The molecule has 1 rings (SSSR count). The Morgan fingerprint density at radius 1 is 1.11 bits per heavy atom. The maximum Gasteiger partial charge on any atom is 0.408 e. The molecular weight excluding hydrogens is 354 g/mol. The molecule has 1 aromatic carbocycles. The lowest BCUT2D eigenvalue weighted by atomic mass is 10.2. The first-order valence-corrected chi connectivity index (χ1v) is 8.38. The van der Waals surface area contributed by atoms with Gasteiger partial charge in [-0.25, -0.2) is 14.7 Å². The summed E-state index contributed by atoms with van der Waals surface area (Å²) in [4.78, 5) is 41.0. The van der Waals surface area contributed by atoms with E-state index in [-0.39, 0.29) is 13.2 Å². The minimum Gasteiger partial charge on any atom is -0.445 e. The van der Waals surface area contributed by atoms with Crippen LogP contribution in [0.15, 0.2) is 30.3 Å². The van der Waals surface area contributed by atoms with Crippen molar-refractivity contribution in [2.75, 3.05) is 20.7 Å². The van der Waals surface area contributed by atoms with Crippen molar-refractivity contribution in [1.82, 2.24) is 15.7 Å². The van der Waals surface area contributed by atoms with Gasteiger partial charge in [0, 0.05) is 7.05 Å². The van der Waals surface area contributed by atoms with E-state index in [1.807, 2.05) is 18.2 Å². The van der Waals surface area contributed by atoms with E-state index in [4.69, 9.17) is 14.3 Å². The van der Waals surface area contributed by atoms with E-state index >= 15 is 0 Å². The molecule has 1 aromatic rings. The van der Waals surface area contributed by atoms with Gasteiger partial charge in [0.2, 0.25) is 0 Å². The number of nitrogens with one attached hydrogen (secondary N) is 2. The summed E-state index contributed by atoms with van der Waals surface area (Å²) in [5.41, 5.74) is 0.117. The third-order valence-corrected chi connectivity index (χ3v) is 3.24. The zero-order valence-electron chi connectivity index (χ0n) is 16.3. The second-order valence-electron chi connectivity index (χ2n) is 6.66. The Kier molecular flexibility index (Phi) is 8.53. The largest absolute Gasteiger partial charge is 0.445 e. The molecule has 3 amide bonds. The molecule has 2 N–H and O–H groups in total. The first kappa shape index (κ1) is 22.2. The van der Waals surface area contributed by atoms with Crippen molar-refractivity contribution in [2.45, 2.75) is 39.0 Å². The molecule has 150 valence electrons. The molecule has 1 atom stereocenters. The van der Waals surface area contributed by atoms with Crippen LogP contribution in [0.5, 0.6) is 0 Å². The predicted octanol–water partition coefficient (Wildman–Crippen LogP) is 1.83. The number of benzene rings is 1. The summed E-state index contributed by atoms with van der Waals surface area (Å²) in [6.07, 6.45) is -1.51. The summed E-state index contributed by atoms with van der Waals surface area (Å²) >= 11 is 0. The van der Waals surface area contributed by atoms with E-state index in [0.29, 0.717) is 0 Å². The van der Waals surface area contributed by atoms with Crippen molar-refractivity contribution in [2.24, 2.45) is 0 Å². The fourth-order valence-electron chi connectivity index (χ4n) is 1.92. The van der Waals surface area contributed by atoms with E-state index in [0.717, 1.165) is 10.6 Å². The monoisotopic (exact) mass is 381 g/mol. The van der Waals surface area contributed by atoms with Crippen LogP contribution < -0.4 is 10.6 Å². The van der Waals surface area contributed by atoms with Gasteiger partial charge in [0.25, 0.3) is 5.91 Å². The van der Waals surface area contributed by atoms with Gasteiger partial charge >= 0.3 is 12.2 Å². The van der Waals surface area contributed by atoms with Crippen LogP contribution in [-0.4, -0.2) is 55.5 Å². The number of hydrogen-bond donors (Lipinski definition) is 2. The zero-order chi connectivity index (χ0) is 20.4. The highest BCUT2D eigenvalue weighted by Gasteiger charge is 2.26. The van der Waals surface area contributed by atoms with Gasteiger partial charge in [-0.2, -0.15) is 0 Å². The van der Waals surface area contributed by atoms with Crippen molar-refractivity contribution in [1.29, 1.82) is 0 Å². The van der Waals surface area contributed by atoms with E-state index in [1.54, 1.807) is 32.9 Å². The van der Waals surface area contributed by atoms with Gasteiger partial charge in [0.15, 0.2) is 0 Å². The number of alkyl carbamates (subject to hydrolysis) is 2. The Morgan fingerprint density at radius 2 is 1.74 bits per heavy atom. The van der Waals surface area contributed by atoms with Crippen LogP contribution in [0.25, 0.3) is 0 Å². The Hall–Kier alpha value is -2.81. The van der Waals surface area contributed by atoms with Crippen LogP contribution in [0, 0.1) is 0 Å². The molecule has 27 heavy (non-hydrogen) atoms. The first-order chi connectivity index (χ1) is 12.6. The molecule has 0 bridgehead atoms. The number of amides is 3. The molecule has 0 aromatic heterocycles. The van der Waals surface area contributed by atoms with Crippen LogP contribution in [0.1, 0.15) is 26.3 Å². The van der Waals surface area contributed by atoms with Crippen LogP contribution in [-0.2, 0) is 25.7 Å². The van der Waals surface area contributed by atoms with Crippen LogP contribution >= 0.6 is 0 Å². The number of hydroxylamine groups is 2. The van der Waals surface area contributed by atoms with Crippen molar-refractivity contribution >= 4 is 18.1 Å². The molecule has 0 aliphatic carbocycles. The lowest BCUT2D eigenvalue weighted by molar-refractivity contribution is -0.170. The fourth-order valence-corrected chi connectivity index (χ4v) is 1.92. The van der Waals surface area contributed by atoms with Crippen LogP contribution in [0.3, 0.4) is 0 Å². The summed E-state index contributed by atoms with van der Waals surface area (Å²) in [7, 11) is 2.70. The summed E-state index contributed by atoms with van der Waals surface area (Å²) in [6, 6.07) is 8.01. The van der Waals surface area contributed by atoms with Crippen molar-refractivity contribution in [3.63, 3.8) is 0 Å². The number of rotatable bonds is 7. The van der Waals surface area contributed by atoms with Gasteiger partial charge in [0.1, 0.15) is 18.2 Å². The molecule has 9 nitrogen and oxygen atoms in total. The molecule has 0 aliphatic heterocycles. The quantitative estimate of drug-likeness (QED) is 0.698. The SMILES string of the molecule is CON(C)C(=O)[C@H](CNC(=O)OC(C)(C)C)NC(=O)OCc1ccccc1. The van der Waals surface area contributed by atoms with Gasteiger partial charge < -0.3 is 20.1 Å². The Morgan fingerprint density at radius 3 is 2.30 bits per heavy atom. The summed E-state index contributed by atoms with van der Waals surface area (Å²) in [5.74, 6) is -0.565. The standard InChI is InChI=1S/C18H27N3O6/c1-18(2,3)27-16(23)19-11-14(15(22)21(4)25-5)20-17(24)26-12-13-9-7-6-8-10-13/h6-10,14H,11-12H2,1-5H3,(H,19,23)(H,20,24)/t14-/m0/s1. The summed E-state index contributed by atoms with van der Waals surface area (Å²) in [6.45, 7) is 5.00. The number of nitrogens with zero attached hydrogens (tertiary/aromatic N) is 1. The molecule has 0 spiro atoms. The van der Waals surface area contributed by atoms with Crippen molar-refractivity contribution in [3.8, 4) is 0 Å². The normalized spacial score (nSPS) is 11.9. The van der Waals surface area contributed by atoms with Crippen LogP contribution in [0.2, 0.25) is 0 Å². The second kappa shape index (κ2) is 10.4. The number of likely N-dealkylation sites (N-methyl/N-ethyl adjacent to an activating group) is 1. The van der Waals surface area contributed by atoms with E-state index < -0.39 is 29.7 Å². The van der Waals surface area contributed by atoms with Gasteiger partial charge in [0.05, 0.1) is 13.7 Å². The molecule has 0 saturated carbocycles. The highest BCUT2D eigenvalue weighted by molar-refractivity contribution is 5.85. The molecule has 0 heterocycles. The minimum atomic E-state index is -1.09. The third-order valence-electron chi connectivity index (χ3n) is 3.24. The van der Waals surface area contributed by atoms with Gasteiger partial charge in [-0.3, -0.25) is 9.63 Å². The van der Waals surface area contributed by atoms with Gasteiger partial charge in [-0.05, 0) is 26.3 Å². The predicted molar refractivity (Wildman–Crippen MR) is 97.6 cm³/mol. The Labute approximate surface area is 158 Å². The molecule has 0 saturated heterocycles. The van der Waals surface area contributed by atoms with Crippen molar-refractivity contribution in [3.05, 3.63) is 35.9 Å². The zero-order valence-corrected chi connectivity index (χ0v) is 16.3. The van der Waals surface area contributed by atoms with E-state index in [1.165, 1.54) is 14.2 Å². The third kappa shape index (κ3) is 8.91. The fraction of sp³-hybridized carbons (Fsp3) is 0.500. The Bertz CT molecular complexity index is 630. The molecular formula is C18H27N3O6. The average molecular weight is 381 g/mol. The summed E-state index contributed by atoms with van der Waals surface area (Å²) < 4.78 is 10.2. The number of carbonyl (C=O) groups is 3. The topological polar surface area (TPSA) is 106 Å². The lowest BCUT2D eigenvalue weighted by Crippen LogP contribution is -2.53. The second-order valence-corrected chi connectivity index (χ2v) is 6.66. The lowest BCUT2D eigenvalue weighted by Gasteiger charge is -2.24. The number of carbonyl (C=O) groups excluding carboxylic acids is 3. The van der Waals surface area contributed by atoms with E-state index in [9.17, 15) is 14.4 Å². The summed E-state index contributed by atoms with van der Waals surface area (Å²) in [5, 5.41) is 5.81. The average Bonchev–Trinajstić information content (AvgIpc) is 2.61.